The van der Waals surface area contributed by atoms with E-state index in [2.05, 4.69) is 5.32 Å². The summed E-state index contributed by atoms with van der Waals surface area (Å²) in [6.45, 7) is 2.12. The van der Waals surface area contributed by atoms with Gasteiger partial charge in [0, 0.05) is 24.1 Å². The van der Waals surface area contributed by atoms with E-state index in [0.29, 0.717) is 22.9 Å². The van der Waals surface area contributed by atoms with Crippen LogP contribution in [0.5, 0.6) is 0 Å². The van der Waals surface area contributed by atoms with Gasteiger partial charge in [-0.1, -0.05) is 23.7 Å². The van der Waals surface area contributed by atoms with Gasteiger partial charge in [0.15, 0.2) is 6.04 Å². The maximum atomic E-state index is 12.7. The van der Waals surface area contributed by atoms with Gasteiger partial charge < -0.3 is 10.6 Å². The Hall–Kier alpha value is -2.70. The molecule has 0 radical (unpaired) electrons. The zero-order valence-corrected chi connectivity index (χ0v) is 15.7. The second-order valence-electron chi connectivity index (χ2n) is 6.51. The lowest BCUT2D eigenvalue weighted by atomic mass is 10.1. The summed E-state index contributed by atoms with van der Waals surface area (Å²) < 4.78 is 0. The summed E-state index contributed by atoms with van der Waals surface area (Å²) in [5, 5.41) is 5.26. The molecule has 1 fully saturated rings. The normalized spacial score (nSPS) is 16.7. The summed E-state index contributed by atoms with van der Waals surface area (Å²) in [5.74, 6) is -0.597. The number of imide groups is 1. The highest BCUT2D eigenvalue weighted by molar-refractivity contribution is 6.30. The van der Waals surface area contributed by atoms with Crippen LogP contribution in [-0.4, -0.2) is 30.3 Å². The number of carbonyl (C=O) groups is 3. The molecule has 1 saturated heterocycles. The molecule has 3 N–H and O–H groups in total. The van der Waals surface area contributed by atoms with E-state index in [1.165, 1.54) is 11.8 Å². The number of carbonyl (C=O) groups excluding carboxylic acids is 3. The van der Waals surface area contributed by atoms with Gasteiger partial charge in [0.1, 0.15) is 0 Å². The summed E-state index contributed by atoms with van der Waals surface area (Å²) in [6, 6.07) is 13.9. The van der Waals surface area contributed by atoms with E-state index < -0.39 is 6.04 Å². The van der Waals surface area contributed by atoms with Gasteiger partial charge in [0.25, 0.3) is 5.91 Å². The molecule has 6 nitrogen and oxygen atoms in total. The van der Waals surface area contributed by atoms with Crippen LogP contribution in [0.4, 0.5) is 11.4 Å². The van der Waals surface area contributed by atoms with Gasteiger partial charge in [-0.2, -0.15) is 0 Å². The molecule has 3 rings (SSSR count). The lowest BCUT2D eigenvalue weighted by Gasteiger charge is -2.15. The average molecular weight is 387 g/mol. The standard InChI is InChI=1S/C20H20ClN3O3/c1-13(25)23-16-5-7-17(8-6-16)24-19(26)12-18(20(24)27)22-10-9-14-3-2-4-15(21)11-14/h2-8,11,18,22H,9-10,12H2,1H3,(H,23,25)/p+1/t18-/m1/s1. The fourth-order valence-electron chi connectivity index (χ4n) is 3.15. The zero-order chi connectivity index (χ0) is 19.4. The molecule has 3 amide bonds. The highest BCUT2D eigenvalue weighted by atomic mass is 35.5. The fraction of sp³-hybridized carbons (Fsp3) is 0.250. The second-order valence-corrected chi connectivity index (χ2v) is 6.95. The molecule has 1 aliphatic rings. The van der Waals surface area contributed by atoms with Crippen molar-refractivity contribution in [3.8, 4) is 0 Å². The van der Waals surface area contributed by atoms with Crippen LogP contribution >= 0.6 is 11.6 Å². The van der Waals surface area contributed by atoms with Crippen molar-refractivity contribution >= 4 is 40.7 Å². The number of hydrogen-bond acceptors (Lipinski definition) is 3. The van der Waals surface area contributed by atoms with Crippen molar-refractivity contribution in [3.05, 3.63) is 59.1 Å². The van der Waals surface area contributed by atoms with Crippen molar-refractivity contribution in [1.82, 2.24) is 0 Å². The van der Waals surface area contributed by atoms with Crippen molar-refractivity contribution in [2.75, 3.05) is 16.8 Å². The number of halogens is 1. The van der Waals surface area contributed by atoms with E-state index >= 15 is 0 Å². The Morgan fingerprint density at radius 1 is 1.22 bits per heavy atom. The van der Waals surface area contributed by atoms with E-state index in [0.717, 1.165) is 12.0 Å². The molecular weight excluding hydrogens is 366 g/mol. The van der Waals surface area contributed by atoms with Crippen molar-refractivity contribution in [2.24, 2.45) is 0 Å². The largest absolute Gasteiger partial charge is 0.335 e. The second kappa shape index (κ2) is 8.33. The Kier molecular flexibility index (Phi) is 5.88. The summed E-state index contributed by atoms with van der Waals surface area (Å²) in [5.41, 5.74) is 2.24. The number of rotatable bonds is 6. The monoisotopic (exact) mass is 386 g/mol. The molecule has 0 spiro atoms. The van der Waals surface area contributed by atoms with Crippen LogP contribution in [0, 0.1) is 0 Å². The maximum Gasteiger partial charge on any atom is 0.292 e. The zero-order valence-electron chi connectivity index (χ0n) is 14.9. The minimum absolute atomic E-state index is 0.176. The molecule has 0 saturated carbocycles. The summed E-state index contributed by atoms with van der Waals surface area (Å²) >= 11 is 5.98. The lowest BCUT2D eigenvalue weighted by Crippen LogP contribution is -2.92. The van der Waals surface area contributed by atoms with Gasteiger partial charge in [0.2, 0.25) is 11.8 Å². The first kappa shape index (κ1) is 19.1. The van der Waals surface area contributed by atoms with Crippen molar-refractivity contribution < 1.29 is 19.7 Å². The molecule has 0 bridgehead atoms. The number of hydrogen-bond donors (Lipinski definition) is 2. The number of amides is 3. The van der Waals surface area contributed by atoms with E-state index in [1.54, 1.807) is 24.3 Å². The molecule has 2 aromatic rings. The number of benzene rings is 2. The van der Waals surface area contributed by atoms with Crippen LogP contribution in [0.1, 0.15) is 18.9 Å². The third kappa shape index (κ3) is 4.72. The molecular formula is C20H21ClN3O3+. The van der Waals surface area contributed by atoms with Gasteiger partial charge in [0.05, 0.1) is 18.7 Å². The Morgan fingerprint density at radius 3 is 2.63 bits per heavy atom. The highest BCUT2D eigenvalue weighted by Crippen LogP contribution is 2.23. The average Bonchev–Trinajstić information content (AvgIpc) is 2.89. The molecule has 0 aromatic heterocycles. The molecule has 1 heterocycles. The van der Waals surface area contributed by atoms with Gasteiger partial charge in [-0.3, -0.25) is 14.4 Å². The predicted molar refractivity (Wildman–Crippen MR) is 104 cm³/mol. The van der Waals surface area contributed by atoms with Crippen LogP contribution in [0.25, 0.3) is 0 Å². The number of nitrogens with two attached hydrogens (primary N) is 1. The Labute approximate surface area is 162 Å². The van der Waals surface area contributed by atoms with Crippen molar-refractivity contribution in [2.45, 2.75) is 25.8 Å². The van der Waals surface area contributed by atoms with E-state index in [-0.39, 0.29) is 24.1 Å². The molecule has 7 heteroatoms. The highest BCUT2D eigenvalue weighted by Gasteiger charge is 2.42. The van der Waals surface area contributed by atoms with Crippen LogP contribution in [0.2, 0.25) is 5.02 Å². The van der Waals surface area contributed by atoms with E-state index in [4.69, 9.17) is 11.6 Å². The van der Waals surface area contributed by atoms with Gasteiger partial charge >= 0.3 is 0 Å². The van der Waals surface area contributed by atoms with Gasteiger partial charge in [-0.25, -0.2) is 4.90 Å². The molecule has 140 valence electrons. The molecule has 0 unspecified atom stereocenters. The lowest BCUT2D eigenvalue weighted by molar-refractivity contribution is -0.674. The van der Waals surface area contributed by atoms with E-state index in [9.17, 15) is 14.4 Å². The SMILES string of the molecule is CC(=O)Nc1ccc(N2C(=O)C[C@@H]([NH2+]CCc3cccc(Cl)c3)C2=O)cc1. The molecule has 2 aromatic carbocycles. The molecule has 1 atom stereocenters. The van der Waals surface area contributed by atoms with Crippen LogP contribution in [-0.2, 0) is 20.8 Å². The Bertz CT molecular complexity index is 867. The first-order chi connectivity index (χ1) is 12.9. The molecule has 27 heavy (non-hydrogen) atoms. The van der Waals surface area contributed by atoms with Crippen molar-refractivity contribution in [1.29, 1.82) is 0 Å². The molecule has 1 aliphatic heterocycles. The third-order valence-corrected chi connectivity index (χ3v) is 4.64. The summed E-state index contributed by atoms with van der Waals surface area (Å²) in [7, 11) is 0. The first-order valence-electron chi connectivity index (χ1n) is 8.76. The minimum atomic E-state index is -0.410. The maximum absolute atomic E-state index is 12.7. The third-order valence-electron chi connectivity index (χ3n) is 4.40. The quantitative estimate of drug-likeness (QED) is 0.742. The fourth-order valence-corrected chi connectivity index (χ4v) is 3.36. The van der Waals surface area contributed by atoms with Crippen LogP contribution in [0.3, 0.4) is 0 Å². The Morgan fingerprint density at radius 2 is 1.96 bits per heavy atom. The minimum Gasteiger partial charge on any atom is -0.335 e. The van der Waals surface area contributed by atoms with Crippen LogP contribution in [0.15, 0.2) is 48.5 Å². The number of nitrogens with one attached hydrogen (secondary N) is 1. The number of anilines is 2. The number of quaternary nitrogens is 1. The Balaban J connectivity index is 1.60. The van der Waals surface area contributed by atoms with Gasteiger partial charge in [-0.05, 0) is 42.0 Å². The van der Waals surface area contributed by atoms with Crippen molar-refractivity contribution in [3.63, 3.8) is 0 Å². The van der Waals surface area contributed by atoms with E-state index in [1.807, 2.05) is 29.6 Å². The smallest absolute Gasteiger partial charge is 0.292 e. The topological polar surface area (TPSA) is 83.1 Å². The van der Waals surface area contributed by atoms with Gasteiger partial charge in [-0.15, -0.1) is 0 Å². The molecule has 0 aliphatic carbocycles. The number of nitrogens with zero attached hydrogens (tertiary/aromatic N) is 1. The predicted octanol–water partition coefficient (Wildman–Crippen LogP) is 1.74. The first-order valence-corrected chi connectivity index (χ1v) is 9.14. The summed E-state index contributed by atoms with van der Waals surface area (Å²) in [4.78, 5) is 37.3. The van der Waals surface area contributed by atoms with Crippen LogP contribution < -0.4 is 15.5 Å². The summed E-state index contributed by atoms with van der Waals surface area (Å²) in [6.07, 6.45) is 0.950.